The third-order valence-corrected chi connectivity index (χ3v) is 4.13. The smallest absolute Gasteiger partial charge is 0.300 e. The molecule has 1 unspecified atom stereocenters. The van der Waals surface area contributed by atoms with E-state index in [1.165, 1.54) is 0 Å². The number of hydrogen-bond acceptors (Lipinski definition) is 2. The second-order valence-electron chi connectivity index (χ2n) is 2.27. The van der Waals surface area contributed by atoms with Gasteiger partial charge in [0.1, 0.15) is 0 Å². The van der Waals surface area contributed by atoms with E-state index in [1.807, 2.05) is 0 Å². The van der Waals surface area contributed by atoms with Crippen LogP contribution in [-0.4, -0.2) is 18.9 Å². The molecule has 0 aromatic rings. The molecule has 0 N–H and O–H groups in total. The maximum Gasteiger partial charge on any atom is 0.348 e. The summed E-state index contributed by atoms with van der Waals surface area (Å²) in [7, 11) is 0. The molecule has 0 amide bonds. The van der Waals surface area contributed by atoms with Crippen LogP contribution in [0.2, 0.25) is 0 Å². The van der Waals surface area contributed by atoms with E-state index >= 15 is 0 Å². The van der Waals surface area contributed by atoms with Gasteiger partial charge in [-0.05, 0) is 11.6 Å². The Kier molecular flexibility index (Phi) is 3.67. The summed E-state index contributed by atoms with van der Waals surface area (Å²) in [6.45, 7) is 0. The summed E-state index contributed by atoms with van der Waals surface area (Å²) >= 11 is 37.4. The Hall–Kier alpha value is 1.88. The Morgan fingerprint density at radius 1 is 0.643 bits per heavy atom. The molecule has 84 valence electrons. The lowest BCUT2D eigenvalue weighted by molar-refractivity contribution is -0.258. The normalized spacial score (nSPS) is 39.4. The van der Waals surface area contributed by atoms with Crippen molar-refractivity contribution in [2.75, 3.05) is 0 Å². The first-order valence-corrected chi connectivity index (χ1v) is 5.47. The van der Waals surface area contributed by atoms with Crippen molar-refractivity contribution in [3.05, 3.63) is 0 Å². The van der Waals surface area contributed by atoms with E-state index in [0.29, 0.717) is 0 Å². The van der Waals surface area contributed by atoms with Crippen LogP contribution in [0.1, 0.15) is 0 Å². The van der Waals surface area contributed by atoms with Gasteiger partial charge in [0.15, 0.2) is 0 Å². The van der Waals surface area contributed by atoms with Crippen LogP contribution in [0.5, 0.6) is 0 Å². The second kappa shape index (κ2) is 3.69. The Balaban J connectivity index is 3.07. The van der Waals surface area contributed by atoms with Crippen molar-refractivity contribution in [3.63, 3.8) is 0 Å². The molecule has 1 fully saturated rings. The summed E-state index contributed by atoms with van der Waals surface area (Å²) < 4.78 is 14.6. The second-order valence-corrected chi connectivity index (χ2v) is 6.53. The zero-order chi connectivity index (χ0) is 11.4. The summed E-state index contributed by atoms with van der Waals surface area (Å²) in [6.07, 6.45) is 0. The highest BCUT2D eigenvalue weighted by atomic mass is 35.5. The maximum absolute atomic E-state index is 13.4. The van der Waals surface area contributed by atoms with Crippen molar-refractivity contribution in [2.45, 2.75) is 18.9 Å². The minimum Gasteiger partial charge on any atom is -0.300 e. The van der Waals surface area contributed by atoms with Gasteiger partial charge < -0.3 is 0 Å². The third-order valence-electron chi connectivity index (χ3n) is 1.19. The zero-order valence-corrected chi connectivity index (χ0v) is 11.1. The summed E-state index contributed by atoms with van der Waals surface area (Å²) in [6, 6.07) is 0. The third kappa shape index (κ3) is 2.27. The van der Waals surface area contributed by atoms with Crippen molar-refractivity contribution in [2.24, 2.45) is 0 Å². The van der Waals surface area contributed by atoms with Gasteiger partial charge in [0.05, 0.1) is 0 Å². The summed E-state index contributed by atoms with van der Waals surface area (Å²) in [5, 5.41) is -3.19. The van der Waals surface area contributed by atoms with Crippen molar-refractivity contribution >= 4 is 81.2 Å². The molecule has 14 heavy (non-hydrogen) atoms. The first kappa shape index (κ1) is 13.9. The van der Waals surface area contributed by atoms with Crippen LogP contribution in [0.15, 0.2) is 0 Å². The molecule has 10 heteroatoms. The molecule has 0 spiro atoms. The molecule has 0 saturated carbocycles. The monoisotopic (exact) mass is 344 g/mol. The average Bonchev–Trinajstić information content (AvgIpc) is 1.78. The van der Waals surface area contributed by atoms with E-state index < -0.39 is 18.9 Å². The lowest BCUT2D eigenvalue weighted by Crippen LogP contribution is -2.61. The van der Waals surface area contributed by atoms with Crippen molar-refractivity contribution in [1.29, 1.82) is 0 Å². The van der Waals surface area contributed by atoms with Crippen LogP contribution in [0.3, 0.4) is 0 Å². The van der Waals surface area contributed by atoms with Crippen LogP contribution in [0, 0.1) is 0 Å². The Bertz CT molecular complexity index is 202. The minimum absolute atomic E-state index is 2.37. The van der Waals surface area contributed by atoms with Gasteiger partial charge in [0.2, 0.25) is 0 Å². The number of hydrogen-bond donors (Lipinski definition) is 0. The fraction of sp³-hybridized carbons (Fsp3) is 1.00. The molecule has 0 aromatic heterocycles. The predicted molar refractivity (Wildman–Crippen MR) is 55.2 cm³/mol. The molecule has 1 rings (SSSR count). The van der Waals surface area contributed by atoms with Gasteiger partial charge in [0, 0.05) is 0 Å². The maximum atomic E-state index is 13.4. The first-order valence-electron chi connectivity index (χ1n) is 2.83. The van der Waals surface area contributed by atoms with Crippen molar-refractivity contribution < 1.29 is 13.9 Å². The molecular weight excluding hydrogens is 347 g/mol. The summed E-state index contributed by atoms with van der Waals surface area (Å²) in [5.41, 5.74) is 0. The predicted octanol–water partition coefficient (Wildman–Crippen LogP) is 4.29. The summed E-state index contributed by atoms with van der Waals surface area (Å²) in [4.78, 5) is 0. The lowest BCUT2D eigenvalue weighted by Gasteiger charge is -2.46. The van der Waals surface area contributed by atoms with Gasteiger partial charge >= 0.3 is 5.31 Å². The largest absolute Gasteiger partial charge is 0.348 e. The highest BCUT2D eigenvalue weighted by molar-refractivity contribution is 6.62. The highest BCUT2D eigenvalue weighted by Crippen LogP contribution is 2.60. The topological polar surface area (TPSA) is 18.5 Å². The Morgan fingerprint density at radius 3 is 1.36 bits per heavy atom. The molecule has 1 atom stereocenters. The van der Waals surface area contributed by atoms with E-state index in [-0.39, 0.29) is 0 Å². The average molecular weight is 347 g/mol. The van der Waals surface area contributed by atoms with Gasteiger partial charge in [0.25, 0.3) is 13.6 Å². The molecule has 2 nitrogen and oxygen atoms in total. The van der Waals surface area contributed by atoms with Crippen molar-refractivity contribution in [3.8, 4) is 0 Å². The molecule has 0 radical (unpaired) electrons. The van der Waals surface area contributed by atoms with Crippen LogP contribution in [0.4, 0.5) is 4.39 Å². The summed E-state index contributed by atoms with van der Waals surface area (Å²) in [5.74, 6) is 0. The van der Waals surface area contributed by atoms with Crippen LogP contribution in [0.25, 0.3) is 0 Å². The van der Waals surface area contributed by atoms with Crippen molar-refractivity contribution in [1.82, 2.24) is 0 Å². The van der Waals surface area contributed by atoms with Gasteiger partial charge in [-0.3, -0.25) is 9.47 Å². The molecule has 0 aromatic carbocycles. The lowest BCUT2D eigenvalue weighted by atomic mass is 10.5. The number of rotatable bonds is 0. The van der Waals surface area contributed by atoms with Crippen LogP contribution in [-0.2, 0) is 9.47 Å². The van der Waals surface area contributed by atoms with Gasteiger partial charge in [-0.15, -0.1) is 0 Å². The fourth-order valence-corrected chi connectivity index (χ4v) is 1.86. The van der Waals surface area contributed by atoms with Crippen LogP contribution < -0.4 is 0 Å². The minimum atomic E-state index is -3.19. The SMILES string of the molecule is FC1(Cl)OC(Cl)(Cl)C(Cl)(Cl)OC1(Cl)Cl. The number of alkyl halides is 8. The number of halogens is 8. The van der Waals surface area contributed by atoms with E-state index in [1.54, 1.807) is 0 Å². The standard InChI is InChI=1S/C4Cl7FO2/c5-1(6)2(7,8)14-4(11,12)3(9,10)13-1. The first-order chi connectivity index (χ1) is 5.91. The van der Waals surface area contributed by atoms with Crippen LogP contribution >= 0.6 is 81.2 Å². The van der Waals surface area contributed by atoms with Gasteiger partial charge in [-0.1, -0.05) is 69.6 Å². The van der Waals surface area contributed by atoms with E-state index in [0.717, 1.165) is 0 Å². The molecule has 1 heterocycles. The van der Waals surface area contributed by atoms with Gasteiger partial charge in [-0.2, -0.15) is 4.39 Å². The van der Waals surface area contributed by atoms with E-state index in [9.17, 15) is 4.39 Å². The molecule has 0 bridgehead atoms. The molecule has 1 aliphatic rings. The molecule has 1 aliphatic heterocycles. The molecule has 1 saturated heterocycles. The molecule has 0 aliphatic carbocycles. The highest BCUT2D eigenvalue weighted by Gasteiger charge is 2.70. The van der Waals surface area contributed by atoms with E-state index in [2.05, 4.69) is 9.47 Å². The fourth-order valence-electron chi connectivity index (χ4n) is 0.560. The molecular formula is C4Cl7FO2. The Labute approximate surface area is 113 Å². The van der Waals surface area contributed by atoms with Gasteiger partial charge in [-0.25, -0.2) is 0 Å². The Morgan fingerprint density at radius 2 is 1.00 bits per heavy atom. The number of ether oxygens (including phenoxy) is 2. The zero-order valence-electron chi connectivity index (χ0n) is 5.84. The van der Waals surface area contributed by atoms with E-state index in [4.69, 9.17) is 81.2 Å². The quantitative estimate of drug-likeness (QED) is 0.609.